The van der Waals surface area contributed by atoms with E-state index < -0.39 is 0 Å². The van der Waals surface area contributed by atoms with Crippen LogP contribution >= 0.6 is 11.6 Å². The Bertz CT molecular complexity index is 746. The Balaban J connectivity index is 1.59. The van der Waals surface area contributed by atoms with Crippen molar-refractivity contribution in [2.24, 2.45) is 0 Å². The van der Waals surface area contributed by atoms with Gasteiger partial charge in [-0.2, -0.15) is 0 Å². The van der Waals surface area contributed by atoms with Crippen LogP contribution in [0, 0.1) is 6.92 Å². The molecule has 0 spiro atoms. The van der Waals surface area contributed by atoms with Crippen molar-refractivity contribution in [1.82, 2.24) is 5.32 Å². The molecule has 0 aliphatic carbocycles. The molecular weight excluding hydrogens is 294 g/mol. The van der Waals surface area contributed by atoms with Gasteiger partial charge in [-0.15, -0.1) is 0 Å². The van der Waals surface area contributed by atoms with Crippen molar-refractivity contribution in [1.29, 1.82) is 0 Å². The highest BCUT2D eigenvalue weighted by molar-refractivity contribution is 6.30. The van der Waals surface area contributed by atoms with Crippen LogP contribution in [0.15, 0.2) is 65.1 Å². The van der Waals surface area contributed by atoms with Gasteiger partial charge < -0.3 is 9.73 Å². The lowest BCUT2D eigenvalue weighted by Gasteiger charge is -2.04. The number of rotatable bonds is 5. The summed E-state index contributed by atoms with van der Waals surface area (Å²) in [6.07, 6.45) is 0. The van der Waals surface area contributed by atoms with E-state index in [4.69, 9.17) is 16.0 Å². The summed E-state index contributed by atoms with van der Waals surface area (Å²) in [4.78, 5) is 0. The second kappa shape index (κ2) is 6.82. The molecule has 0 atom stereocenters. The van der Waals surface area contributed by atoms with Crippen LogP contribution in [0.25, 0.3) is 11.3 Å². The number of nitrogens with one attached hydrogen (secondary N) is 1. The lowest BCUT2D eigenvalue weighted by Crippen LogP contribution is -2.11. The fourth-order valence-corrected chi connectivity index (χ4v) is 2.50. The Labute approximate surface area is 135 Å². The van der Waals surface area contributed by atoms with Crippen molar-refractivity contribution >= 4 is 11.6 Å². The molecule has 3 rings (SSSR count). The van der Waals surface area contributed by atoms with Gasteiger partial charge in [0.25, 0.3) is 0 Å². The SMILES string of the molecule is Cc1ccc(CNCc2ccc(-c3cccc(Cl)c3)o2)cc1. The standard InChI is InChI=1S/C19H18ClNO/c1-14-5-7-15(8-6-14)12-21-13-18-9-10-19(22-18)16-3-2-4-17(20)11-16/h2-11,21H,12-13H2,1H3. The zero-order valence-electron chi connectivity index (χ0n) is 12.5. The van der Waals surface area contributed by atoms with Crippen molar-refractivity contribution in [2.75, 3.05) is 0 Å². The molecule has 0 aliphatic rings. The van der Waals surface area contributed by atoms with E-state index in [1.54, 1.807) is 0 Å². The van der Waals surface area contributed by atoms with Gasteiger partial charge in [0.2, 0.25) is 0 Å². The molecule has 0 amide bonds. The quantitative estimate of drug-likeness (QED) is 0.700. The number of halogens is 1. The first-order valence-electron chi connectivity index (χ1n) is 7.31. The Hall–Kier alpha value is -2.03. The average molecular weight is 312 g/mol. The van der Waals surface area contributed by atoms with Crippen LogP contribution in [-0.4, -0.2) is 0 Å². The highest BCUT2D eigenvalue weighted by Gasteiger charge is 2.05. The molecule has 22 heavy (non-hydrogen) atoms. The summed E-state index contributed by atoms with van der Waals surface area (Å²) in [5, 5.41) is 4.11. The molecule has 0 unspecified atom stereocenters. The molecule has 0 saturated carbocycles. The van der Waals surface area contributed by atoms with Gasteiger partial charge in [-0.25, -0.2) is 0 Å². The van der Waals surface area contributed by atoms with Gasteiger partial charge >= 0.3 is 0 Å². The summed E-state index contributed by atoms with van der Waals surface area (Å²) in [7, 11) is 0. The van der Waals surface area contributed by atoms with E-state index >= 15 is 0 Å². The molecule has 0 radical (unpaired) electrons. The summed E-state index contributed by atoms with van der Waals surface area (Å²) in [6.45, 7) is 3.62. The van der Waals surface area contributed by atoms with Crippen LogP contribution in [0.1, 0.15) is 16.9 Å². The van der Waals surface area contributed by atoms with Gasteiger partial charge in [-0.3, -0.25) is 0 Å². The Kier molecular flexibility index (Phi) is 4.62. The predicted molar refractivity (Wildman–Crippen MR) is 90.9 cm³/mol. The van der Waals surface area contributed by atoms with Crippen LogP contribution in [0.5, 0.6) is 0 Å². The lowest BCUT2D eigenvalue weighted by molar-refractivity contribution is 0.493. The normalized spacial score (nSPS) is 10.8. The summed E-state index contributed by atoms with van der Waals surface area (Å²) in [6, 6.07) is 20.2. The van der Waals surface area contributed by atoms with Crippen LogP contribution in [0.2, 0.25) is 5.02 Å². The Morgan fingerprint density at radius 2 is 1.77 bits per heavy atom. The van der Waals surface area contributed by atoms with Crippen molar-refractivity contribution < 1.29 is 4.42 Å². The summed E-state index contributed by atoms with van der Waals surface area (Å²) >= 11 is 6.01. The second-order valence-electron chi connectivity index (χ2n) is 5.37. The first kappa shape index (κ1) is 14.9. The van der Waals surface area contributed by atoms with Crippen molar-refractivity contribution in [2.45, 2.75) is 20.0 Å². The molecule has 1 heterocycles. The van der Waals surface area contributed by atoms with Crippen LogP contribution in [0.4, 0.5) is 0 Å². The van der Waals surface area contributed by atoms with Gasteiger partial charge in [0, 0.05) is 17.1 Å². The Morgan fingerprint density at radius 1 is 0.955 bits per heavy atom. The molecule has 3 heteroatoms. The topological polar surface area (TPSA) is 25.2 Å². The third kappa shape index (κ3) is 3.79. The number of benzene rings is 2. The second-order valence-corrected chi connectivity index (χ2v) is 5.80. The van der Waals surface area contributed by atoms with Crippen molar-refractivity contribution in [3.05, 3.63) is 82.6 Å². The van der Waals surface area contributed by atoms with Gasteiger partial charge in [0.05, 0.1) is 6.54 Å². The van der Waals surface area contributed by atoms with E-state index in [0.717, 1.165) is 23.6 Å². The average Bonchev–Trinajstić information content (AvgIpc) is 2.98. The van der Waals surface area contributed by atoms with E-state index in [-0.39, 0.29) is 0 Å². The molecule has 2 nitrogen and oxygen atoms in total. The molecule has 0 bridgehead atoms. The number of hydrogen-bond donors (Lipinski definition) is 1. The summed E-state index contributed by atoms with van der Waals surface area (Å²) in [5.41, 5.74) is 3.55. The maximum atomic E-state index is 6.01. The van der Waals surface area contributed by atoms with Crippen LogP contribution < -0.4 is 5.32 Å². The molecule has 0 saturated heterocycles. The molecule has 112 valence electrons. The third-order valence-corrected chi connectivity index (χ3v) is 3.75. The van der Waals surface area contributed by atoms with Gasteiger partial charge in [0.15, 0.2) is 0 Å². The van der Waals surface area contributed by atoms with Crippen molar-refractivity contribution in [3.8, 4) is 11.3 Å². The molecular formula is C19H18ClNO. The van der Waals surface area contributed by atoms with Crippen molar-refractivity contribution in [3.63, 3.8) is 0 Å². The maximum absolute atomic E-state index is 6.01. The minimum absolute atomic E-state index is 0.703. The minimum atomic E-state index is 0.703. The number of hydrogen-bond acceptors (Lipinski definition) is 2. The van der Waals surface area contributed by atoms with Gasteiger partial charge in [-0.05, 0) is 36.8 Å². The summed E-state index contributed by atoms with van der Waals surface area (Å²) in [5.74, 6) is 1.76. The number of furan rings is 1. The third-order valence-electron chi connectivity index (χ3n) is 3.52. The van der Waals surface area contributed by atoms with E-state index in [1.165, 1.54) is 11.1 Å². The molecule has 2 aromatic carbocycles. The lowest BCUT2D eigenvalue weighted by atomic mass is 10.1. The fourth-order valence-electron chi connectivity index (χ4n) is 2.31. The van der Waals surface area contributed by atoms with E-state index in [0.29, 0.717) is 11.6 Å². The first-order chi connectivity index (χ1) is 10.7. The zero-order valence-corrected chi connectivity index (χ0v) is 13.2. The predicted octanol–water partition coefficient (Wildman–Crippen LogP) is 5.20. The summed E-state index contributed by atoms with van der Waals surface area (Å²) < 4.78 is 5.86. The molecule has 1 aromatic heterocycles. The van der Waals surface area contributed by atoms with Gasteiger partial charge in [0.1, 0.15) is 11.5 Å². The minimum Gasteiger partial charge on any atom is -0.460 e. The van der Waals surface area contributed by atoms with Gasteiger partial charge in [-0.1, -0.05) is 53.6 Å². The smallest absolute Gasteiger partial charge is 0.134 e. The highest BCUT2D eigenvalue weighted by atomic mass is 35.5. The van der Waals surface area contributed by atoms with E-state index in [2.05, 4.69) is 36.5 Å². The molecule has 0 fully saturated rings. The molecule has 1 N–H and O–H groups in total. The maximum Gasteiger partial charge on any atom is 0.134 e. The van der Waals surface area contributed by atoms with Crippen LogP contribution in [0.3, 0.4) is 0 Å². The highest BCUT2D eigenvalue weighted by Crippen LogP contribution is 2.24. The van der Waals surface area contributed by atoms with Crippen LogP contribution in [-0.2, 0) is 13.1 Å². The van der Waals surface area contributed by atoms with E-state index in [9.17, 15) is 0 Å². The monoisotopic (exact) mass is 311 g/mol. The fraction of sp³-hybridized carbons (Fsp3) is 0.158. The Morgan fingerprint density at radius 3 is 2.55 bits per heavy atom. The van der Waals surface area contributed by atoms with E-state index in [1.807, 2.05) is 36.4 Å². The number of aryl methyl sites for hydroxylation is 1. The molecule has 0 aliphatic heterocycles. The molecule has 3 aromatic rings. The largest absolute Gasteiger partial charge is 0.460 e. The first-order valence-corrected chi connectivity index (χ1v) is 7.69. The zero-order chi connectivity index (χ0) is 15.4.